The van der Waals surface area contributed by atoms with Crippen LogP contribution < -0.4 is 61.4 Å². The molecule has 2 aromatic heterocycles. The summed E-state index contributed by atoms with van der Waals surface area (Å²) in [4.78, 5) is 27.3. The van der Waals surface area contributed by atoms with Gasteiger partial charge < -0.3 is 19.5 Å². The second-order valence-corrected chi connectivity index (χ2v) is 6.48. The molecule has 3 heterocycles. The quantitative estimate of drug-likeness (QED) is 0.461. The first-order chi connectivity index (χ1) is 13.7. The molecule has 0 amide bonds. The van der Waals surface area contributed by atoms with E-state index in [9.17, 15) is 9.90 Å². The Morgan fingerprint density at radius 3 is 2.48 bits per heavy atom. The van der Waals surface area contributed by atoms with E-state index in [1.165, 1.54) is 0 Å². The van der Waals surface area contributed by atoms with Crippen LogP contribution >= 0.6 is 0 Å². The number of carboxylic acids is 1. The van der Waals surface area contributed by atoms with E-state index in [1.54, 1.807) is 18.5 Å². The number of carbonyl (C=O) groups excluding carboxylic acids is 1. The predicted octanol–water partition coefficient (Wildman–Crippen LogP) is -1.67. The van der Waals surface area contributed by atoms with Gasteiger partial charge in [-0.2, -0.15) is 0 Å². The van der Waals surface area contributed by atoms with Crippen LogP contribution in [0.5, 0.6) is 0 Å². The van der Waals surface area contributed by atoms with Crippen LogP contribution in [0.3, 0.4) is 0 Å². The second-order valence-electron chi connectivity index (χ2n) is 6.48. The molecule has 0 bridgehead atoms. The van der Waals surface area contributed by atoms with E-state index < -0.39 is 5.97 Å². The largest absolute Gasteiger partial charge is 1.00 e. The molecule has 0 aliphatic carbocycles. The van der Waals surface area contributed by atoms with Crippen molar-refractivity contribution in [3.63, 3.8) is 0 Å². The number of morpholine rings is 1. The summed E-state index contributed by atoms with van der Waals surface area (Å²) in [6.45, 7) is 2.17. The molecule has 142 valence electrons. The van der Waals surface area contributed by atoms with Crippen LogP contribution in [-0.4, -0.2) is 47.2 Å². The van der Waals surface area contributed by atoms with Gasteiger partial charge in [0.05, 0.1) is 30.4 Å². The Hall–Kier alpha value is -1.68. The molecular formula is C21H19KN4O3. The van der Waals surface area contributed by atoms with Gasteiger partial charge in [-0.15, -0.1) is 0 Å². The van der Waals surface area contributed by atoms with E-state index in [0.717, 1.165) is 11.1 Å². The molecule has 29 heavy (non-hydrogen) atoms. The van der Waals surface area contributed by atoms with E-state index >= 15 is 0 Å². The zero-order chi connectivity index (χ0) is 19.3. The average molecular weight is 415 g/mol. The third-order valence-corrected chi connectivity index (χ3v) is 4.61. The molecule has 0 radical (unpaired) electrons. The van der Waals surface area contributed by atoms with Crippen LogP contribution in [0.2, 0.25) is 0 Å². The van der Waals surface area contributed by atoms with Gasteiger partial charge >= 0.3 is 51.4 Å². The number of nitrogens with zero attached hydrogens (tertiary/aromatic N) is 4. The first-order valence-corrected chi connectivity index (χ1v) is 9.11. The molecule has 1 aliphatic heterocycles. The fraction of sp³-hybridized carbons (Fsp3) is 0.238. The molecule has 8 heteroatoms. The second kappa shape index (κ2) is 10.4. The van der Waals surface area contributed by atoms with E-state index in [0.29, 0.717) is 50.1 Å². The van der Waals surface area contributed by atoms with E-state index in [1.807, 2.05) is 41.3 Å². The van der Waals surface area contributed by atoms with Crippen LogP contribution in [0, 0.1) is 0 Å². The average Bonchev–Trinajstić information content (AvgIpc) is 2.75. The van der Waals surface area contributed by atoms with E-state index in [2.05, 4.69) is 15.0 Å². The Morgan fingerprint density at radius 1 is 1.07 bits per heavy atom. The number of aromatic carboxylic acids is 1. The molecule has 0 spiro atoms. The number of aromatic nitrogens is 3. The summed E-state index contributed by atoms with van der Waals surface area (Å²) in [5, 5.41) is 12.1. The summed E-state index contributed by atoms with van der Waals surface area (Å²) in [6, 6.07) is 13.3. The van der Waals surface area contributed by atoms with Crippen LogP contribution in [0.25, 0.3) is 11.4 Å². The van der Waals surface area contributed by atoms with Crippen LogP contribution in [0.1, 0.15) is 21.6 Å². The SMILES string of the molecule is O=C([O-])c1c(Cc2ccccc2)nc(-c2cccnc2)nc1N1CCOCC1.[K+]. The van der Waals surface area contributed by atoms with Crippen molar-refractivity contribution in [2.24, 2.45) is 0 Å². The van der Waals surface area contributed by atoms with Crippen molar-refractivity contribution in [3.8, 4) is 11.4 Å². The maximum absolute atomic E-state index is 12.1. The predicted molar refractivity (Wildman–Crippen MR) is 102 cm³/mol. The smallest absolute Gasteiger partial charge is 0.545 e. The Bertz CT molecular complexity index is 964. The number of rotatable bonds is 5. The van der Waals surface area contributed by atoms with Gasteiger partial charge in [-0.1, -0.05) is 30.3 Å². The Morgan fingerprint density at radius 2 is 1.83 bits per heavy atom. The van der Waals surface area contributed by atoms with Gasteiger partial charge in [0.25, 0.3) is 0 Å². The molecule has 7 nitrogen and oxygen atoms in total. The number of benzene rings is 1. The molecule has 0 saturated carbocycles. The number of pyridine rings is 1. The van der Waals surface area contributed by atoms with Gasteiger partial charge in [-0.25, -0.2) is 9.97 Å². The number of carboxylic acid groups (broad SMARTS) is 1. The van der Waals surface area contributed by atoms with Crippen LogP contribution in [-0.2, 0) is 11.2 Å². The van der Waals surface area contributed by atoms with E-state index in [-0.39, 0.29) is 56.9 Å². The fourth-order valence-corrected chi connectivity index (χ4v) is 3.25. The number of carbonyl (C=O) groups is 1. The summed E-state index contributed by atoms with van der Waals surface area (Å²) in [5.74, 6) is -0.446. The van der Waals surface area contributed by atoms with Crippen LogP contribution in [0.15, 0.2) is 54.9 Å². The van der Waals surface area contributed by atoms with Gasteiger partial charge in [0.1, 0.15) is 5.82 Å². The standard InChI is InChI=1S/C21H20N4O3.K/c26-21(27)18-17(13-15-5-2-1-3-6-15)23-19(16-7-4-8-22-14-16)24-20(18)25-9-11-28-12-10-25;/h1-8,14H,9-13H2,(H,26,27);/q;+1/p-1. The third-order valence-electron chi connectivity index (χ3n) is 4.61. The molecule has 1 aliphatic rings. The van der Waals surface area contributed by atoms with Crippen molar-refractivity contribution in [2.75, 3.05) is 31.2 Å². The van der Waals surface area contributed by atoms with Gasteiger partial charge in [0.15, 0.2) is 5.82 Å². The minimum atomic E-state index is -1.27. The summed E-state index contributed by atoms with van der Waals surface area (Å²) < 4.78 is 5.40. The molecule has 0 unspecified atom stereocenters. The van der Waals surface area contributed by atoms with Crippen molar-refractivity contribution in [2.45, 2.75) is 6.42 Å². The Labute approximate surface area is 211 Å². The normalized spacial score (nSPS) is 13.6. The maximum Gasteiger partial charge on any atom is 1.00 e. The summed E-state index contributed by atoms with van der Waals surface area (Å²) in [6.07, 6.45) is 3.72. The van der Waals surface area contributed by atoms with Gasteiger partial charge in [0, 0.05) is 37.5 Å². The number of hydrogen-bond acceptors (Lipinski definition) is 7. The molecule has 0 atom stereocenters. The van der Waals surface area contributed by atoms with Crippen molar-refractivity contribution < 1.29 is 66.0 Å². The zero-order valence-corrected chi connectivity index (χ0v) is 19.4. The Kier molecular flexibility index (Phi) is 7.88. The minimum absolute atomic E-state index is 0. The fourth-order valence-electron chi connectivity index (χ4n) is 3.25. The Balaban J connectivity index is 0.00000240. The number of anilines is 1. The number of ether oxygens (including phenoxy) is 1. The van der Waals surface area contributed by atoms with Crippen molar-refractivity contribution in [1.82, 2.24) is 15.0 Å². The number of hydrogen-bond donors (Lipinski definition) is 0. The molecule has 0 N–H and O–H groups in total. The first-order valence-electron chi connectivity index (χ1n) is 9.11. The van der Waals surface area contributed by atoms with Crippen molar-refractivity contribution in [3.05, 3.63) is 71.7 Å². The first kappa shape index (κ1) is 22.0. The minimum Gasteiger partial charge on any atom is -0.545 e. The van der Waals surface area contributed by atoms with Crippen molar-refractivity contribution in [1.29, 1.82) is 0 Å². The van der Waals surface area contributed by atoms with Gasteiger partial charge in [-0.05, 0) is 17.7 Å². The third kappa shape index (κ3) is 5.27. The molecule has 3 aromatic rings. The zero-order valence-electron chi connectivity index (χ0n) is 16.2. The monoisotopic (exact) mass is 414 g/mol. The molecule has 1 aromatic carbocycles. The van der Waals surface area contributed by atoms with Gasteiger partial charge in [0.2, 0.25) is 0 Å². The van der Waals surface area contributed by atoms with Crippen LogP contribution in [0.4, 0.5) is 5.82 Å². The topological polar surface area (TPSA) is 91.3 Å². The summed E-state index contributed by atoms with van der Waals surface area (Å²) >= 11 is 0. The van der Waals surface area contributed by atoms with Crippen molar-refractivity contribution >= 4 is 11.8 Å². The van der Waals surface area contributed by atoms with E-state index in [4.69, 9.17) is 4.74 Å². The molecule has 4 rings (SSSR count). The van der Waals surface area contributed by atoms with Gasteiger partial charge in [-0.3, -0.25) is 4.98 Å². The molecule has 1 saturated heterocycles. The maximum atomic E-state index is 12.1. The molecular weight excluding hydrogens is 395 g/mol. The molecule has 1 fully saturated rings. The summed E-state index contributed by atoms with van der Waals surface area (Å²) in [5.41, 5.74) is 2.17. The summed E-state index contributed by atoms with van der Waals surface area (Å²) in [7, 11) is 0.